The van der Waals surface area contributed by atoms with E-state index in [1.54, 1.807) is 0 Å². The fraction of sp³-hybridized carbons (Fsp3) is 0. The van der Waals surface area contributed by atoms with Crippen molar-refractivity contribution in [3.63, 3.8) is 0 Å². The highest BCUT2D eigenvalue weighted by Crippen LogP contribution is 2.43. The summed E-state index contributed by atoms with van der Waals surface area (Å²) in [5.74, 6) is 0. The van der Waals surface area contributed by atoms with Crippen molar-refractivity contribution in [2.45, 2.75) is 0 Å². The van der Waals surface area contributed by atoms with Crippen molar-refractivity contribution < 1.29 is 4.42 Å². The maximum atomic E-state index is 6.27. The van der Waals surface area contributed by atoms with Gasteiger partial charge < -0.3 is 13.9 Å². The molecule has 0 fully saturated rings. The maximum absolute atomic E-state index is 6.27. The van der Waals surface area contributed by atoms with Crippen molar-refractivity contribution in [1.82, 2.24) is 4.57 Å². The lowest BCUT2D eigenvalue weighted by atomic mass is 9.98. The van der Waals surface area contributed by atoms with Crippen LogP contribution in [-0.2, 0) is 0 Å². The van der Waals surface area contributed by atoms with E-state index >= 15 is 0 Å². The molecule has 0 saturated carbocycles. The van der Waals surface area contributed by atoms with Gasteiger partial charge in [0, 0.05) is 33.1 Å². The molecule has 0 spiro atoms. The molecule has 0 aliphatic carbocycles. The number of anilines is 3. The van der Waals surface area contributed by atoms with Crippen molar-refractivity contribution in [3.05, 3.63) is 194 Å². The summed E-state index contributed by atoms with van der Waals surface area (Å²) >= 11 is 0. The van der Waals surface area contributed by atoms with E-state index in [9.17, 15) is 0 Å². The Morgan fingerprint density at radius 1 is 0.373 bits per heavy atom. The number of aromatic nitrogens is 1. The van der Waals surface area contributed by atoms with Crippen molar-refractivity contribution >= 4 is 60.8 Å². The first-order valence-electron chi connectivity index (χ1n) is 17.4. The molecule has 10 rings (SSSR count). The molecule has 0 N–H and O–H groups in total. The summed E-state index contributed by atoms with van der Waals surface area (Å²) in [5, 5.41) is 4.75. The van der Waals surface area contributed by atoms with Gasteiger partial charge in [0.05, 0.1) is 27.8 Å². The topological polar surface area (TPSA) is 21.3 Å². The van der Waals surface area contributed by atoms with E-state index in [0.29, 0.717) is 0 Å². The molecule has 10 aromatic rings. The Balaban J connectivity index is 1.03. The van der Waals surface area contributed by atoms with Gasteiger partial charge in [-0.3, -0.25) is 0 Å². The highest BCUT2D eigenvalue weighted by molar-refractivity contribution is 6.13. The molecule has 0 unspecified atom stereocenters. The number of nitrogens with zero attached hydrogens (tertiary/aromatic N) is 2. The van der Waals surface area contributed by atoms with E-state index in [0.717, 1.165) is 39.0 Å². The molecule has 0 aliphatic heterocycles. The average Bonchev–Trinajstić information content (AvgIpc) is 3.75. The van der Waals surface area contributed by atoms with Crippen LogP contribution in [0.1, 0.15) is 0 Å². The summed E-state index contributed by atoms with van der Waals surface area (Å²) in [7, 11) is 0. The van der Waals surface area contributed by atoms with Gasteiger partial charge in [-0.2, -0.15) is 0 Å². The number of fused-ring (bicyclic) bond motifs is 6. The minimum absolute atomic E-state index is 0.881. The zero-order chi connectivity index (χ0) is 33.7. The van der Waals surface area contributed by atoms with Crippen molar-refractivity contribution in [2.75, 3.05) is 4.90 Å². The highest BCUT2D eigenvalue weighted by atomic mass is 16.3. The average molecular weight is 653 g/mol. The predicted octanol–water partition coefficient (Wildman–Crippen LogP) is 13.5. The largest absolute Gasteiger partial charge is 0.456 e. The molecule has 2 heterocycles. The molecule has 51 heavy (non-hydrogen) atoms. The minimum atomic E-state index is 0.881. The quantitative estimate of drug-likeness (QED) is 0.178. The molecule has 0 amide bonds. The third kappa shape index (κ3) is 4.82. The first-order valence-corrected chi connectivity index (χ1v) is 17.4. The van der Waals surface area contributed by atoms with Gasteiger partial charge in [-0.05, 0) is 77.4 Å². The van der Waals surface area contributed by atoms with Gasteiger partial charge in [0.1, 0.15) is 11.2 Å². The normalized spacial score (nSPS) is 11.5. The van der Waals surface area contributed by atoms with E-state index in [2.05, 4.69) is 191 Å². The Morgan fingerprint density at radius 2 is 0.902 bits per heavy atom. The zero-order valence-corrected chi connectivity index (χ0v) is 27.8. The van der Waals surface area contributed by atoms with Gasteiger partial charge in [-0.25, -0.2) is 0 Å². The van der Waals surface area contributed by atoms with Gasteiger partial charge in [-0.15, -0.1) is 0 Å². The predicted molar refractivity (Wildman–Crippen MR) is 214 cm³/mol. The second-order valence-corrected chi connectivity index (χ2v) is 12.9. The molecular formula is C48H32N2O. The maximum Gasteiger partial charge on any atom is 0.137 e. The fourth-order valence-corrected chi connectivity index (χ4v) is 7.69. The molecule has 0 bridgehead atoms. The fourth-order valence-electron chi connectivity index (χ4n) is 7.69. The first-order chi connectivity index (χ1) is 25.3. The summed E-state index contributed by atoms with van der Waals surface area (Å²) in [6.45, 7) is 0. The molecule has 0 aliphatic rings. The van der Waals surface area contributed by atoms with E-state index in [4.69, 9.17) is 4.42 Å². The van der Waals surface area contributed by atoms with Crippen LogP contribution in [0.25, 0.3) is 71.7 Å². The van der Waals surface area contributed by atoms with Gasteiger partial charge in [0.15, 0.2) is 0 Å². The van der Waals surface area contributed by atoms with Crippen LogP contribution in [-0.4, -0.2) is 4.57 Å². The number of furan rings is 1. The van der Waals surface area contributed by atoms with E-state index < -0.39 is 0 Å². The van der Waals surface area contributed by atoms with Crippen molar-refractivity contribution in [2.24, 2.45) is 0 Å². The van der Waals surface area contributed by atoms with Crippen LogP contribution >= 0.6 is 0 Å². The van der Waals surface area contributed by atoms with Gasteiger partial charge >= 0.3 is 0 Å². The highest BCUT2D eigenvalue weighted by Gasteiger charge is 2.19. The summed E-state index contributed by atoms with van der Waals surface area (Å²) < 4.78 is 8.67. The second kappa shape index (κ2) is 11.9. The molecule has 0 radical (unpaired) electrons. The van der Waals surface area contributed by atoms with Gasteiger partial charge in [0.2, 0.25) is 0 Å². The number of benzene rings is 8. The van der Waals surface area contributed by atoms with E-state index in [-0.39, 0.29) is 0 Å². The van der Waals surface area contributed by atoms with Crippen LogP contribution in [0.5, 0.6) is 0 Å². The lowest BCUT2D eigenvalue weighted by molar-refractivity contribution is 0.669. The molecule has 0 atom stereocenters. The van der Waals surface area contributed by atoms with Crippen LogP contribution in [0.4, 0.5) is 17.1 Å². The molecule has 3 nitrogen and oxygen atoms in total. The first kappa shape index (κ1) is 29.1. The SMILES string of the molecule is c1ccc(N(c2ccc(-c3ccc(-c4ccccc4-n4c5ccccc5c5ccccc54)cc3)cc2)c2cccc3oc4ccccc4c23)cc1. The van der Waals surface area contributed by atoms with E-state index in [1.807, 2.05) is 12.1 Å². The van der Waals surface area contributed by atoms with E-state index in [1.165, 1.54) is 49.7 Å². The Hall–Kier alpha value is -6.84. The van der Waals surface area contributed by atoms with Gasteiger partial charge in [-0.1, -0.05) is 133 Å². The van der Waals surface area contributed by atoms with Crippen molar-refractivity contribution in [3.8, 4) is 27.9 Å². The number of rotatable bonds is 6. The van der Waals surface area contributed by atoms with Crippen LogP contribution in [0, 0.1) is 0 Å². The Labute approximate surface area is 295 Å². The van der Waals surface area contributed by atoms with Crippen LogP contribution in [0.3, 0.4) is 0 Å². The molecule has 2 aromatic heterocycles. The summed E-state index contributed by atoms with van der Waals surface area (Å²) in [6, 6.07) is 69.1. The van der Waals surface area contributed by atoms with Crippen LogP contribution in [0.2, 0.25) is 0 Å². The van der Waals surface area contributed by atoms with Crippen molar-refractivity contribution in [1.29, 1.82) is 0 Å². The Bertz CT molecular complexity index is 2790. The van der Waals surface area contributed by atoms with Gasteiger partial charge in [0.25, 0.3) is 0 Å². The molecule has 0 saturated heterocycles. The summed E-state index contributed by atoms with van der Waals surface area (Å²) in [5.41, 5.74) is 13.4. The number of para-hydroxylation sites is 5. The smallest absolute Gasteiger partial charge is 0.137 e. The van der Waals surface area contributed by atoms with Crippen LogP contribution in [0.15, 0.2) is 199 Å². The summed E-state index contributed by atoms with van der Waals surface area (Å²) in [6.07, 6.45) is 0. The molecular weight excluding hydrogens is 621 g/mol. The second-order valence-electron chi connectivity index (χ2n) is 12.9. The molecule has 8 aromatic carbocycles. The standard InChI is InChI=1S/C48H32N2O/c1-2-13-36(14-3-1)49(45-22-12-24-47-48(45)41-18-7-11-23-46(41)51-47)37-31-29-34(30-32-37)33-25-27-35(28-26-33)38-15-4-8-19-42(38)50-43-20-9-5-16-39(43)40-17-6-10-21-44(40)50/h1-32H. The monoisotopic (exact) mass is 652 g/mol. The lowest BCUT2D eigenvalue weighted by Gasteiger charge is -2.26. The Kier molecular flexibility index (Phi) is 6.81. The van der Waals surface area contributed by atoms with Crippen LogP contribution < -0.4 is 4.90 Å². The molecule has 3 heteroatoms. The zero-order valence-electron chi connectivity index (χ0n) is 27.8. The number of hydrogen-bond acceptors (Lipinski definition) is 2. The Morgan fingerprint density at radius 3 is 1.63 bits per heavy atom. The lowest BCUT2D eigenvalue weighted by Crippen LogP contribution is -2.10. The summed E-state index contributed by atoms with van der Waals surface area (Å²) in [4.78, 5) is 2.32. The molecule has 240 valence electrons. The number of hydrogen-bond donors (Lipinski definition) is 0. The third-order valence-corrected chi connectivity index (χ3v) is 10.0. The third-order valence-electron chi connectivity index (χ3n) is 10.0. The minimum Gasteiger partial charge on any atom is -0.456 e.